The average molecular weight is 384 g/mol. The number of aryl methyl sites for hydroxylation is 1. The highest BCUT2D eigenvalue weighted by atomic mass is 35.5. The molecule has 2 aromatic rings. The van der Waals surface area contributed by atoms with Crippen LogP contribution >= 0.6 is 11.6 Å². The van der Waals surface area contributed by atoms with Crippen LogP contribution in [0.3, 0.4) is 0 Å². The molecular weight excluding hydrogens is 362 g/mol. The fraction of sp³-hybridized carbons (Fsp3) is 0.333. The van der Waals surface area contributed by atoms with Gasteiger partial charge in [0, 0.05) is 5.02 Å². The first-order chi connectivity index (χ1) is 11.6. The number of methoxy groups -OCH3 is 2. The van der Waals surface area contributed by atoms with E-state index in [1.165, 1.54) is 13.2 Å². The van der Waals surface area contributed by atoms with Crippen LogP contribution in [0, 0.1) is 6.92 Å². The number of nitrogens with one attached hydrogen (secondary N) is 1. The zero-order valence-corrected chi connectivity index (χ0v) is 16.5. The Labute approximate surface area is 154 Å². The molecule has 5 nitrogen and oxygen atoms in total. The SMILES string of the molecule is COc1ccc(C(C)(C)NS(=O)(=O)c2ccc(Cl)c(C)c2)cc1OC. The van der Waals surface area contributed by atoms with Gasteiger partial charge in [0.2, 0.25) is 10.0 Å². The van der Waals surface area contributed by atoms with Crippen molar-refractivity contribution in [2.24, 2.45) is 0 Å². The molecule has 0 radical (unpaired) electrons. The number of hydrogen-bond acceptors (Lipinski definition) is 4. The Kier molecular flexibility index (Phi) is 5.66. The molecule has 0 spiro atoms. The van der Waals surface area contributed by atoms with Crippen molar-refractivity contribution in [3.63, 3.8) is 0 Å². The molecule has 2 rings (SSSR count). The van der Waals surface area contributed by atoms with Crippen LogP contribution in [0.2, 0.25) is 5.02 Å². The van der Waals surface area contributed by atoms with Crippen molar-refractivity contribution in [3.8, 4) is 11.5 Å². The Morgan fingerprint density at radius 3 is 2.20 bits per heavy atom. The summed E-state index contributed by atoms with van der Waals surface area (Å²) in [5.74, 6) is 1.12. The summed E-state index contributed by atoms with van der Waals surface area (Å²) in [7, 11) is -0.634. The molecule has 0 amide bonds. The zero-order chi connectivity index (χ0) is 18.8. The van der Waals surface area contributed by atoms with Crippen molar-refractivity contribution >= 4 is 21.6 Å². The molecule has 25 heavy (non-hydrogen) atoms. The maximum atomic E-state index is 12.8. The number of rotatable bonds is 6. The van der Waals surface area contributed by atoms with Crippen molar-refractivity contribution in [2.45, 2.75) is 31.2 Å². The number of hydrogen-bond donors (Lipinski definition) is 1. The first-order valence-electron chi connectivity index (χ1n) is 7.63. The number of benzene rings is 2. The lowest BCUT2D eigenvalue weighted by Gasteiger charge is -2.27. The molecule has 1 N–H and O–H groups in total. The van der Waals surface area contributed by atoms with Gasteiger partial charge in [-0.2, -0.15) is 0 Å². The standard InChI is InChI=1S/C18H22ClNO4S/c1-12-10-14(7-8-15(12)19)25(21,22)20-18(2,3)13-6-9-16(23-4)17(11-13)24-5/h6-11,20H,1-5H3. The average Bonchev–Trinajstić information content (AvgIpc) is 2.55. The molecule has 136 valence electrons. The topological polar surface area (TPSA) is 64.6 Å². The highest BCUT2D eigenvalue weighted by Crippen LogP contribution is 2.33. The normalized spacial score (nSPS) is 12.1. The van der Waals surface area contributed by atoms with Gasteiger partial charge in [-0.25, -0.2) is 13.1 Å². The van der Waals surface area contributed by atoms with Crippen molar-refractivity contribution in [3.05, 3.63) is 52.5 Å². The molecule has 0 saturated heterocycles. The largest absolute Gasteiger partial charge is 0.493 e. The molecule has 0 saturated carbocycles. The summed E-state index contributed by atoms with van der Waals surface area (Å²) in [4.78, 5) is 0.169. The minimum atomic E-state index is -3.72. The van der Waals surface area contributed by atoms with Crippen LogP contribution in [0.1, 0.15) is 25.0 Å². The van der Waals surface area contributed by atoms with Crippen LogP contribution in [0.25, 0.3) is 0 Å². The first-order valence-corrected chi connectivity index (χ1v) is 9.49. The second-order valence-corrected chi connectivity index (χ2v) is 8.30. The summed E-state index contributed by atoms with van der Waals surface area (Å²) in [6.07, 6.45) is 0. The second-order valence-electron chi connectivity index (χ2n) is 6.21. The van der Waals surface area contributed by atoms with Gasteiger partial charge < -0.3 is 9.47 Å². The number of sulfonamides is 1. The van der Waals surface area contributed by atoms with Gasteiger partial charge in [0.05, 0.1) is 24.7 Å². The Bertz CT molecular complexity index is 879. The fourth-order valence-corrected chi connectivity index (χ4v) is 4.07. The third-order valence-corrected chi connectivity index (χ3v) is 6.01. The summed E-state index contributed by atoms with van der Waals surface area (Å²) in [6.45, 7) is 5.34. The second kappa shape index (κ2) is 7.23. The lowest BCUT2D eigenvalue weighted by Crippen LogP contribution is -2.40. The molecule has 0 unspecified atom stereocenters. The van der Waals surface area contributed by atoms with E-state index >= 15 is 0 Å². The van der Waals surface area contributed by atoms with Gasteiger partial charge in [0.1, 0.15) is 0 Å². The van der Waals surface area contributed by atoms with Crippen molar-refractivity contribution in [1.29, 1.82) is 0 Å². The molecule has 0 aliphatic rings. The third-order valence-electron chi connectivity index (χ3n) is 3.93. The van der Waals surface area contributed by atoms with Gasteiger partial charge in [-0.3, -0.25) is 0 Å². The van der Waals surface area contributed by atoms with Gasteiger partial charge in [0.15, 0.2) is 11.5 Å². The lowest BCUT2D eigenvalue weighted by molar-refractivity contribution is 0.352. The quantitative estimate of drug-likeness (QED) is 0.822. The van der Waals surface area contributed by atoms with Crippen molar-refractivity contribution < 1.29 is 17.9 Å². The summed E-state index contributed by atoms with van der Waals surface area (Å²) in [6, 6.07) is 9.93. The first kappa shape index (κ1) is 19.6. The van der Waals surface area contributed by atoms with E-state index in [1.807, 2.05) is 0 Å². The maximum absolute atomic E-state index is 12.8. The molecule has 0 aliphatic heterocycles. The van der Waals surface area contributed by atoms with Gasteiger partial charge in [-0.1, -0.05) is 17.7 Å². The Balaban J connectivity index is 2.38. The lowest BCUT2D eigenvalue weighted by atomic mass is 9.95. The summed E-state index contributed by atoms with van der Waals surface area (Å²) >= 11 is 5.98. The van der Waals surface area contributed by atoms with E-state index in [0.717, 1.165) is 5.56 Å². The van der Waals surface area contributed by atoms with Gasteiger partial charge >= 0.3 is 0 Å². The van der Waals surface area contributed by atoms with Crippen LogP contribution in [0.4, 0.5) is 0 Å². The zero-order valence-electron chi connectivity index (χ0n) is 14.9. The van der Waals surface area contributed by atoms with E-state index in [-0.39, 0.29) is 4.90 Å². The van der Waals surface area contributed by atoms with Crippen LogP contribution in [0.5, 0.6) is 11.5 Å². The minimum absolute atomic E-state index is 0.169. The van der Waals surface area contributed by atoms with E-state index < -0.39 is 15.6 Å². The molecule has 0 aromatic heterocycles. The predicted octanol–water partition coefficient (Wildman–Crippen LogP) is 3.88. The molecule has 0 bridgehead atoms. The van der Waals surface area contributed by atoms with Crippen LogP contribution in [-0.2, 0) is 15.6 Å². The van der Waals surface area contributed by atoms with E-state index in [9.17, 15) is 8.42 Å². The molecule has 0 aliphatic carbocycles. The molecule has 0 fully saturated rings. The van der Waals surface area contributed by atoms with Gasteiger partial charge in [0.25, 0.3) is 0 Å². The molecule has 7 heteroatoms. The van der Waals surface area contributed by atoms with Crippen LogP contribution < -0.4 is 14.2 Å². The molecular formula is C18H22ClNO4S. The summed E-state index contributed by atoms with van der Waals surface area (Å²) in [5.41, 5.74) is 0.597. The Morgan fingerprint density at radius 2 is 1.64 bits per heavy atom. The minimum Gasteiger partial charge on any atom is -0.493 e. The summed E-state index contributed by atoms with van der Waals surface area (Å²) < 4.78 is 38.8. The van der Waals surface area contributed by atoms with E-state index in [0.29, 0.717) is 22.1 Å². The Morgan fingerprint density at radius 1 is 1.00 bits per heavy atom. The van der Waals surface area contributed by atoms with Crippen molar-refractivity contribution in [1.82, 2.24) is 4.72 Å². The predicted molar refractivity (Wildman–Crippen MR) is 99.1 cm³/mol. The van der Waals surface area contributed by atoms with Gasteiger partial charge in [-0.15, -0.1) is 0 Å². The van der Waals surface area contributed by atoms with Crippen LogP contribution in [0.15, 0.2) is 41.3 Å². The monoisotopic (exact) mass is 383 g/mol. The van der Waals surface area contributed by atoms with E-state index in [2.05, 4.69) is 4.72 Å². The third kappa shape index (κ3) is 4.26. The number of ether oxygens (including phenoxy) is 2. The molecule has 0 heterocycles. The van der Waals surface area contributed by atoms with Gasteiger partial charge in [-0.05, 0) is 62.2 Å². The maximum Gasteiger partial charge on any atom is 0.241 e. The highest BCUT2D eigenvalue weighted by Gasteiger charge is 2.29. The summed E-state index contributed by atoms with van der Waals surface area (Å²) in [5, 5.41) is 0.526. The smallest absolute Gasteiger partial charge is 0.241 e. The van der Waals surface area contributed by atoms with E-state index in [4.69, 9.17) is 21.1 Å². The molecule has 0 atom stereocenters. The van der Waals surface area contributed by atoms with Crippen LogP contribution in [-0.4, -0.2) is 22.6 Å². The number of halogens is 1. The highest BCUT2D eigenvalue weighted by molar-refractivity contribution is 7.89. The van der Waals surface area contributed by atoms with E-state index in [1.54, 1.807) is 58.2 Å². The molecule has 2 aromatic carbocycles. The Hall–Kier alpha value is -1.76. The van der Waals surface area contributed by atoms with Crippen molar-refractivity contribution in [2.75, 3.05) is 14.2 Å². The fourth-order valence-electron chi connectivity index (χ4n) is 2.46.